The Bertz CT molecular complexity index is 548. The molecule has 0 unspecified atom stereocenters. The van der Waals surface area contributed by atoms with Crippen molar-refractivity contribution in [1.82, 2.24) is 5.32 Å². The van der Waals surface area contributed by atoms with Crippen LogP contribution in [0, 0.1) is 5.92 Å². The van der Waals surface area contributed by atoms with E-state index >= 15 is 0 Å². The molecule has 1 aromatic rings. The molecule has 2 fully saturated rings. The zero-order valence-electron chi connectivity index (χ0n) is 12.4. The molecule has 4 rings (SSSR count). The van der Waals surface area contributed by atoms with Crippen LogP contribution in [0.1, 0.15) is 48.3 Å². The van der Waals surface area contributed by atoms with Gasteiger partial charge in [-0.1, -0.05) is 18.2 Å². The first-order valence-corrected chi connectivity index (χ1v) is 8.18. The van der Waals surface area contributed by atoms with Crippen molar-refractivity contribution in [3.05, 3.63) is 34.9 Å². The standard InChI is InChI=1S/C18H23NO2/c20-10-13-1-2-15-8-16(4-3-14(15)7-13)17-5-6-18(9-17)11-21-12-19-18/h3-4,8,10,13,17,19H,1-2,5-7,9,11-12H2/t13-,17+,18-/m1/s1. The van der Waals surface area contributed by atoms with Crippen molar-refractivity contribution in [2.45, 2.75) is 50.0 Å². The molecule has 0 aromatic heterocycles. The van der Waals surface area contributed by atoms with Crippen LogP contribution in [0.25, 0.3) is 0 Å². The lowest BCUT2D eigenvalue weighted by molar-refractivity contribution is -0.111. The van der Waals surface area contributed by atoms with Crippen LogP contribution in [-0.2, 0) is 22.4 Å². The molecule has 1 spiro atoms. The van der Waals surface area contributed by atoms with E-state index in [2.05, 4.69) is 23.5 Å². The summed E-state index contributed by atoms with van der Waals surface area (Å²) in [5.74, 6) is 0.895. The Morgan fingerprint density at radius 1 is 1.29 bits per heavy atom. The molecule has 0 bridgehead atoms. The molecule has 1 aromatic carbocycles. The van der Waals surface area contributed by atoms with Gasteiger partial charge in [-0.15, -0.1) is 0 Å². The van der Waals surface area contributed by atoms with Gasteiger partial charge >= 0.3 is 0 Å². The molecule has 1 saturated carbocycles. The summed E-state index contributed by atoms with van der Waals surface area (Å²) in [4.78, 5) is 11.0. The molecule has 2 aliphatic carbocycles. The minimum Gasteiger partial charge on any atom is -0.364 e. The fourth-order valence-corrected chi connectivity index (χ4v) is 4.38. The van der Waals surface area contributed by atoms with Crippen LogP contribution in [0.3, 0.4) is 0 Å². The number of rotatable bonds is 2. The third kappa shape index (κ3) is 2.43. The van der Waals surface area contributed by atoms with Crippen molar-refractivity contribution < 1.29 is 9.53 Å². The number of ether oxygens (including phenoxy) is 1. The number of carbonyl (C=O) groups is 1. The van der Waals surface area contributed by atoms with E-state index in [0.717, 1.165) is 32.2 Å². The Balaban J connectivity index is 1.53. The van der Waals surface area contributed by atoms with Crippen LogP contribution in [0.2, 0.25) is 0 Å². The van der Waals surface area contributed by atoms with E-state index < -0.39 is 0 Å². The lowest BCUT2D eigenvalue weighted by Crippen LogP contribution is -2.39. The van der Waals surface area contributed by atoms with Crippen LogP contribution < -0.4 is 5.32 Å². The minimum atomic E-state index is 0.234. The summed E-state index contributed by atoms with van der Waals surface area (Å²) in [5, 5.41) is 3.55. The quantitative estimate of drug-likeness (QED) is 0.849. The Morgan fingerprint density at radius 3 is 3.05 bits per heavy atom. The van der Waals surface area contributed by atoms with Gasteiger partial charge in [-0.25, -0.2) is 0 Å². The van der Waals surface area contributed by atoms with Crippen LogP contribution in [-0.4, -0.2) is 25.2 Å². The fourth-order valence-electron chi connectivity index (χ4n) is 4.38. The molecule has 21 heavy (non-hydrogen) atoms. The number of benzene rings is 1. The summed E-state index contributed by atoms with van der Waals surface area (Å²) in [7, 11) is 0. The van der Waals surface area contributed by atoms with E-state index in [9.17, 15) is 4.79 Å². The Hall–Kier alpha value is -1.19. The summed E-state index contributed by atoms with van der Waals surface area (Å²) in [6, 6.07) is 6.98. The molecule has 0 amide bonds. The number of hydrogen-bond donors (Lipinski definition) is 1. The first-order valence-electron chi connectivity index (χ1n) is 8.18. The Labute approximate surface area is 126 Å². The maximum atomic E-state index is 11.0. The smallest absolute Gasteiger partial charge is 0.123 e. The summed E-state index contributed by atoms with van der Waals surface area (Å²) < 4.78 is 5.54. The average molecular weight is 285 g/mol. The van der Waals surface area contributed by atoms with Gasteiger partial charge in [0.05, 0.1) is 13.3 Å². The molecule has 1 saturated heterocycles. The molecule has 0 radical (unpaired) electrons. The van der Waals surface area contributed by atoms with Crippen molar-refractivity contribution in [1.29, 1.82) is 0 Å². The van der Waals surface area contributed by atoms with Gasteiger partial charge in [-0.05, 0) is 61.1 Å². The van der Waals surface area contributed by atoms with Crippen molar-refractivity contribution in [2.24, 2.45) is 5.92 Å². The molecule has 3 nitrogen and oxygen atoms in total. The molecule has 3 heteroatoms. The highest BCUT2D eigenvalue weighted by Gasteiger charge is 2.42. The van der Waals surface area contributed by atoms with Crippen molar-refractivity contribution >= 4 is 6.29 Å². The van der Waals surface area contributed by atoms with Gasteiger partial charge in [-0.2, -0.15) is 0 Å². The van der Waals surface area contributed by atoms with Crippen LogP contribution in [0.15, 0.2) is 18.2 Å². The largest absolute Gasteiger partial charge is 0.364 e. The molecule has 3 atom stereocenters. The summed E-state index contributed by atoms with van der Waals surface area (Å²) in [6.07, 6.45) is 7.82. The molecule has 1 aliphatic heterocycles. The monoisotopic (exact) mass is 285 g/mol. The molecule has 1 N–H and O–H groups in total. The second-order valence-electron chi connectivity index (χ2n) is 7.06. The normalized spacial score (nSPS) is 35.0. The SMILES string of the molecule is O=C[C@@H]1CCc2cc([C@H]3CC[C@]4(COCN4)C3)ccc2C1. The van der Waals surface area contributed by atoms with Gasteiger partial charge in [0.25, 0.3) is 0 Å². The molecule has 3 aliphatic rings. The van der Waals surface area contributed by atoms with Gasteiger partial charge in [0.15, 0.2) is 0 Å². The second-order valence-corrected chi connectivity index (χ2v) is 7.06. The van der Waals surface area contributed by atoms with Gasteiger partial charge in [-0.3, -0.25) is 5.32 Å². The van der Waals surface area contributed by atoms with E-state index in [1.54, 1.807) is 0 Å². The summed E-state index contributed by atoms with van der Waals surface area (Å²) in [5.41, 5.74) is 4.59. The predicted octanol–water partition coefficient (Wildman–Crippen LogP) is 2.57. The van der Waals surface area contributed by atoms with Gasteiger partial charge in [0, 0.05) is 11.5 Å². The maximum absolute atomic E-state index is 11.0. The van der Waals surface area contributed by atoms with Crippen molar-refractivity contribution in [2.75, 3.05) is 13.3 Å². The highest BCUT2D eigenvalue weighted by atomic mass is 16.5. The topological polar surface area (TPSA) is 38.3 Å². The number of fused-ring (bicyclic) bond motifs is 1. The Morgan fingerprint density at radius 2 is 2.24 bits per heavy atom. The number of nitrogens with one attached hydrogen (secondary N) is 1. The van der Waals surface area contributed by atoms with E-state index in [-0.39, 0.29) is 11.5 Å². The van der Waals surface area contributed by atoms with Crippen LogP contribution in [0.5, 0.6) is 0 Å². The third-order valence-electron chi connectivity index (χ3n) is 5.70. The first-order chi connectivity index (χ1) is 10.3. The first kappa shape index (κ1) is 13.5. The maximum Gasteiger partial charge on any atom is 0.123 e. The zero-order valence-corrected chi connectivity index (χ0v) is 12.4. The lowest BCUT2D eigenvalue weighted by atomic mass is 9.82. The highest BCUT2D eigenvalue weighted by molar-refractivity contribution is 5.56. The van der Waals surface area contributed by atoms with E-state index in [0.29, 0.717) is 12.6 Å². The predicted molar refractivity (Wildman–Crippen MR) is 81.3 cm³/mol. The van der Waals surface area contributed by atoms with Gasteiger partial charge in [0.1, 0.15) is 6.29 Å². The Kier molecular flexibility index (Phi) is 3.35. The lowest BCUT2D eigenvalue weighted by Gasteiger charge is -2.24. The fraction of sp³-hybridized carbons (Fsp3) is 0.611. The zero-order chi connectivity index (χ0) is 14.3. The molecular formula is C18H23NO2. The third-order valence-corrected chi connectivity index (χ3v) is 5.70. The number of aldehydes is 1. The van der Waals surface area contributed by atoms with Crippen molar-refractivity contribution in [3.63, 3.8) is 0 Å². The highest BCUT2D eigenvalue weighted by Crippen LogP contribution is 2.43. The van der Waals surface area contributed by atoms with E-state index in [4.69, 9.17) is 4.74 Å². The van der Waals surface area contributed by atoms with Crippen molar-refractivity contribution in [3.8, 4) is 0 Å². The van der Waals surface area contributed by atoms with E-state index in [1.165, 1.54) is 36.0 Å². The number of aryl methyl sites for hydroxylation is 1. The van der Waals surface area contributed by atoms with Gasteiger partial charge in [0.2, 0.25) is 0 Å². The van der Waals surface area contributed by atoms with Crippen LogP contribution in [0.4, 0.5) is 0 Å². The molecular weight excluding hydrogens is 262 g/mol. The van der Waals surface area contributed by atoms with E-state index in [1.807, 2.05) is 0 Å². The average Bonchev–Trinajstić information content (AvgIpc) is 3.17. The molecule has 1 heterocycles. The summed E-state index contributed by atoms with van der Waals surface area (Å²) in [6.45, 7) is 1.58. The van der Waals surface area contributed by atoms with Gasteiger partial charge < -0.3 is 9.53 Å². The number of carbonyl (C=O) groups excluding carboxylic acids is 1. The molecule has 112 valence electrons. The van der Waals surface area contributed by atoms with Crippen LogP contribution >= 0.6 is 0 Å². The summed E-state index contributed by atoms with van der Waals surface area (Å²) >= 11 is 0. The minimum absolute atomic E-state index is 0.234. The second kappa shape index (κ2) is 5.22. The number of hydrogen-bond acceptors (Lipinski definition) is 3.